The SMILES string of the molecule is CC(=O)Nc1cccc(CN(C[C@H](O)c2ccc(F)cc2)C2CC2)c1. The molecule has 2 aromatic rings. The summed E-state index contributed by atoms with van der Waals surface area (Å²) in [4.78, 5) is 13.5. The van der Waals surface area contributed by atoms with Crippen molar-refractivity contribution in [2.75, 3.05) is 11.9 Å². The molecule has 132 valence electrons. The van der Waals surface area contributed by atoms with Crippen LogP contribution in [0.25, 0.3) is 0 Å². The van der Waals surface area contributed by atoms with Crippen LogP contribution in [-0.2, 0) is 11.3 Å². The van der Waals surface area contributed by atoms with Crippen LogP contribution in [0.5, 0.6) is 0 Å². The highest BCUT2D eigenvalue weighted by atomic mass is 19.1. The molecular formula is C20H23FN2O2. The summed E-state index contributed by atoms with van der Waals surface area (Å²) in [6.45, 7) is 2.69. The van der Waals surface area contributed by atoms with E-state index in [0.717, 1.165) is 29.7 Å². The fraction of sp³-hybridized carbons (Fsp3) is 0.350. The number of anilines is 1. The summed E-state index contributed by atoms with van der Waals surface area (Å²) >= 11 is 0. The number of rotatable bonds is 7. The maximum atomic E-state index is 13.0. The first-order chi connectivity index (χ1) is 12.0. The van der Waals surface area contributed by atoms with Gasteiger partial charge in [0.05, 0.1) is 6.10 Å². The van der Waals surface area contributed by atoms with Gasteiger partial charge in [0.2, 0.25) is 5.91 Å². The van der Waals surface area contributed by atoms with Gasteiger partial charge in [-0.3, -0.25) is 9.69 Å². The van der Waals surface area contributed by atoms with E-state index in [0.29, 0.717) is 19.1 Å². The third-order valence-electron chi connectivity index (χ3n) is 4.36. The number of amides is 1. The smallest absolute Gasteiger partial charge is 0.221 e. The summed E-state index contributed by atoms with van der Waals surface area (Å²) in [5.41, 5.74) is 2.59. The predicted molar refractivity (Wildman–Crippen MR) is 95.5 cm³/mol. The van der Waals surface area contributed by atoms with Crippen LogP contribution in [0.15, 0.2) is 48.5 Å². The van der Waals surface area contributed by atoms with Crippen molar-refractivity contribution in [2.24, 2.45) is 0 Å². The van der Waals surface area contributed by atoms with Crippen molar-refractivity contribution in [3.8, 4) is 0 Å². The Hall–Kier alpha value is -2.24. The number of nitrogens with one attached hydrogen (secondary N) is 1. The van der Waals surface area contributed by atoms with Gasteiger partial charge in [0.15, 0.2) is 0 Å². The Bertz CT molecular complexity index is 729. The molecule has 0 bridgehead atoms. The topological polar surface area (TPSA) is 52.6 Å². The monoisotopic (exact) mass is 342 g/mol. The molecule has 1 saturated carbocycles. The van der Waals surface area contributed by atoms with Gasteiger partial charge in [-0.1, -0.05) is 24.3 Å². The fourth-order valence-electron chi connectivity index (χ4n) is 2.98. The number of nitrogens with zero attached hydrogens (tertiary/aromatic N) is 1. The first-order valence-corrected chi connectivity index (χ1v) is 8.55. The van der Waals surface area contributed by atoms with Gasteiger partial charge in [0.25, 0.3) is 0 Å². The Morgan fingerprint density at radius 1 is 1.28 bits per heavy atom. The Kier molecular flexibility index (Phi) is 5.46. The summed E-state index contributed by atoms with van der Waals surface area (Å²) in [5.74, 6) is -0.396. The van der Waals surface area contributed by atoms with Gasteiger partial charge in [0, 0.05) is 31.7 Å². The lowest BCUT2D eigenvalue weighted by Crippen LogP contribution is -2.30. The number of benzene rings is 2. The van der Waals surface area contributed by atoms with Crippen LogP contribution < -0.4 is 5.32 Å². The van der Waals surface area contributed by atoms with E-state index in [4.69, 9.17) is 0 Å². The number of halogens is 1. The molecule has 1 fully saturated rings. The van der Waals surface area contributed by atoms with Gasteiger partial charge in [-0.2, -0.15) is 0 Å². The molecule has 1 atom stereocenters. The second kappa shape index (κ2) is 7.76. The lowest BCUT2D eigenvalue weighted by atomic mass is 10.1. The molecule has 0 unspecified atom stereocenters. The summed E-state index contributed by atoms with van der Waals surface area (Å²) in [6.07, 6.45) is 1.60. The fourth-order valence-corrected chi connectivity index (χ4v) is 2.98. The van der Waals surface area contributed by atoms with E-state index in [9.17, 15) is 14.3 Å². The Morgan fingerprint density at radius 2 is 2.00 bits per heavy atom. The lowest BCUT2D eigenvalue weighted by molar-refractivity contribution is -0.114. The molecule has 1 aliphatic rings. The molecule has 0 radical (unpaired) electrons. The van der Waals surface area contributed by atoms with Crippen LogP contribution in [0.2, 0.25) is 0 Å². The zero-order valence-electron chi connectivity index (χ0n) is 14.3. The van der Waals surface area contributed by atoms with Crippen LogP contribution in [0, 0.1) is 5.82 Å². The second-order valence-corrected chi connectivity index (χ2v) is 6.61. The first-order valence-electron chi connectivity index (χ1n) is 8.55. The highest BCUT2D eigenvalue weighted by Crippen LogP contribution is 2.30. The molecule has 3 rings (SSSR count). The van der Waals surface area contributed by atoms with Gasteiger partial charge < -0.3 is 10.4 Å². The standard InChI is InChI=1S/C20H23FN2O2/c1-14(24)22-18-4-2-3-15(11-18)12-23(19-9-10-19)13-20(25)16-5-7-17(21)8-6-16/h2-8,11,19-20,25H,9-10,12-13H2,1H3,(H,22,24)/t20-/m0/s1. The average Bonchev–Trinajstić information content (AvgIpc) is 3.39. The maximum Gasteiger partial charge on any atom is 0.221 e. The van der Waals surface area contributed by atoms with Crippen molar-refractivity contribution in [3.05, 3.63) is 65.5 Å². The Morgan fingerprint density at radius 3 is 2.64 bits per heavy atom. The minimum atomic E-state index is -0.653. The van der Waals surface area contributed by atoms with Crippen molar-refractivity contribution in [1.82, 2.24) is 4.90 Å². The van der Waals surface area contributed by atoms with Gasteiger partial charge in [-0.25, -0.2) is 4.39 Å². The molecule has 25 heavy (non-hydrogen) atoms. The van der Waals surface area contributed by atoms with Crippen LogP contribution in [0.4, 0.5) is 10.1 Å². The number of hydrogen-bond acceptors (Lipinski definition) is 3. The van der Waals surface area contributed by atoms with E-state index in [2.05, 4.69) is 10.2 Å². The molecule has 1 amide bonds. The molecule has 0 spiro atoms. The summed E-state index contributed by atoms with van der Waals surface area (Å²) in [5, 5.41) is 13.3. The molecular weight excluding hydrogens is 319 g/mol. The molecule has 2 aromatic carbocycles. The van der Waals surface area contributed by atoms with E-state index < -0.39 is 6.10 Å². The van der Waals surface area contributed by atoms with Gasteiger partial charge in [-0.05, 0) is 48.2 Å². The first kappa shape index (κ1) is 17.6. The van der Waals surface area contributed by atoms with Gasteiger partial charge in [0.1, 0.15) is 5.82 Å². The quantitative estimate of drug-likeness (QED) is 0.810. The molecule has 4 nitrogen and oxygen atoms in total. The predicted octanol–water partition coefficient (Wildman–Crippen LogP) is 3.48. The van der Waals surface area contributed by atoms with E-state index in [-0.39, 0.29) is 11.7 Å². The minimum absolute atomic E-state index is 0.0945. The van der Waals surface area contributed by atoms with Crippen molar-refractivity contribution < 1.29 is 14.3 Å². The van der Waals surface area contributed by atoms with E-state index in [1.807, 2.05) is 24.3 Å². The van der Waals surface area contributed by atoms with Crippen molar-refractivity contribution in [2.45, 2.75) is 38.5 Å². The average molecular weight is 342 g/mol. The van der Waals surface area contributed by atoms with Gasteiger partial charge >= 0.3 is 0 Å². The van der Waals surface area contributed by atoms with E-state index in [1.165, 1.54) is 19.1 Å². The zero-order valence-corrected chi connectivity index (χ0v) is 14.3. The molecule has 0 aliphatic heterocycles. The zero-order chi connectivity index (χ0) is 17.8. The van der Waals surface area contributed by atoms with Crippen LogP contribution >= 0.6 is 0 Å². The second-order valence-electron chi connectivity index (χ2n) is 6.61. The summed E-state index contributed by atoms with van der Waals surface area (Å²) in [6, 6.07) is 14.2. The molecule has 0 heterocycles. The molecule has 2 N–H and O–H groups in total. The molecule has 0 saturated heterocycles. The third-order valence-corrected chi connectivity index (χ3v) is 4.36. The Balaban J connectivity index is 1.67. The highest BCUT2D eigenvalue weighted by Gasteiger charge is 2.30. The summed E-state index contributed by atoms with van der Waals surface area (Å²) < 4.78 is 13.0. The number of carbonyl (C=O) groups excluding carboxylic acids is 1. The normalized spacial score (nSPS) is 15.2. The lowest BCUT2D eigenvalue weighted by Gasteiger charge is -2.25. The third kappa shape index (κ3) is 5.11. The van der Waals surface area contributed by atoms with Crippen molar-refractivity contribution in [3.63, 3.8) is 0 Å². The number of hydrogen-bond donors (Lipinski definition) is 2. The number of aliphatic hydroxyl groups is 1. The minimum Gasteiger partial charge on any atom is -0.387 e. The van der Waals surface area contributed by atoms with Crippen LogP contribution in [0.3, 0.4) is 0 Å². The summed E-state index contributed by atoms with van der Waals surface area (Å²) in [7, 11) is 0. The van der Waals surface area contributed by atoms with Crippen molar-refractivity contribution in [1.29, 1.82) is 0 Å². The maximum absolute atomic E-state index is 13.0. The van der Waals surface area contributed by atoms with Gasteiger partial charge in [-0.15, -0.1) is 0 Å². The number of carbonyl (C=O) groups is 1. The Labute approximate surface area is 147 Å². The highest BCUT2D eigenvalue weighted by molar-refractivity contribution is 5.88. The van der Waals surface area contributed by atoms with Crippen LogP contribution in [0.1, 0.15) is 37.0 Å². The molecule has 1 aliphatic carbocycles. The number of aliphatic hydroxyl groups excluding tert-OH is 1. The van der Waals surface area contributed by atoms with E-state index in [1.54, 1.807) is 12.1 Å². The largest absolute Gasteiger partial charge is 0.387 e. The van der Waals surface area contributed by atoms with Crippen LogP contribution in [-0.4, -0.2) is 28.5 Å². The van der Waals surface area contributed by atoms with E-state index >= 15 is 0 Å². The molecule has 5 heteroatoms. The molecule has 0 aromatic heterocycles. The van der Waals surface area contributed by atoms with Crippen molar-refractivity contribution >= 4 is 11.6 Å².